The lowest BCUT2D eigenvalue weighted by Crippen LogP contribution is -2.40. The molecule has 0 saturated heterocycles. The lowest BCUT2D eigenvalue weighted by atomic mass is 9.92. The van der Waals surface area contributed by atoms with Crippen LogP contribution in [0.4, 0.5) is 0 Å². The Morgan fingerprint density at radius 3 is 2.83 bits per heavy atom. The van der Waals surface area contributed by atoms with E-state index < -0.39 is 0 Å². The lowest BCUT2D eigenvalue weighted by molar-refractivity contribution is -0.124. The molecule has 1 unspecified atom stereocenters. The first-order chi connectivity index (χ1) is 10.8. The number of aromatic nitrogens is 2. The van der Waals surface area contributed by atoms with Crippen LogP contribution >= 0.6 is 11.8 Å². The first-order valence-corrected chi connectivity index (χ1v) is 9.34. The molecule has 2 rings (SSSR count). The average molecular weight is 337 g/mol. The SMILES string of the molecule is CCCCCNC(=O)C1CSc2nc(C(C)(C)C)cc(=O)n2C1. The molecule has 0 radical (unpaired) electrons. The van der Waals surface area contributed by atoms with Crippen LogP contribution in [0.3, 0.4) is 0 Å². The zero-order chi connectivity index (χ0) is 17.0. The number of unbranched alkanes of at least 4 members (excludes halogenated alkanes) is 2. The first kappa shape index (κ1) is 18.0. The average Bonchev–Trinajstić information content (AvgIpc) is 2.50. The summed E-state index contributed by atoms with van der Waals surface area (Å²) < 4.78 is 1.64. The van der Waals surface area contributed by atoms with Gasteiger partial charge in [0.1, 0.15) is 0 Å². The zero-order valence-electron chi connectivity index (χ0n) is 14.5. The fourth-order valence-corrected chi connectivity index (χ4v) is 3.58. The van der Waals surface area contributed by atoms with Crippen molar-refractivity contribution in [3.8, 4) is 0 Å². The van der Waals surface area contributed by atoms with Gasteiger partial charge in [-0.1, -0.05) is 52.3 Å². The summed E-state index contributed by atoms with van der Waals surface area (Å²) in [7, 11) is 0. The van der Waals surface area contributed by atoms with Gasteiger partial charge < -0.3 is 5.32 Å². The number of amides is 1. The van der Waals surface area contributed by atoms with E-state index in [0.29, 0.717) is 12.3 Å². The third kappa shape index (κ3) is 4.59. The molecule has 0 aromatic carbocycles. The van der Waals surface area contributed by atoms with E-state index in [1.807, 2.05) is 20.8 Å². The molecule has 0 fully saturated rings. The second-order valence-corrected chi connectivity index (χ2v) is 8.12. The number of nitrogens with zero attached hydrogens (tertiary/aromatic N) is 2. The van der Waals surface area contributed by atoms with Crippen molar-refractivity contribution in [1.82, 2.24) is 14.9 Å². The van der Waals surface area contributed by atoms with Crippen LogP contribution in [0.2, 0.25) is 0 Å². The quantitative estimate of drug-likeness (QED) is 0.662. The number of fused-ring (bicyclic) bond motifs is 1. The molecule has 128 valence electrons. The van der Waals surface area contributed by atoms with Gasteiger partial charge in [0.25, 0.3) is 5.56 Å². The van der Waals surface area contributed by atoms with Gasteiger partial charge in [-0.05, 0) is 6.42 Å². The summed E-state index contributed by atoms with van der Waals surface area (Å²) in [4.78, 5) is 29.2. The molecule has 1 atom stereocenters. The summed E-state index contributed by atoms with van der Waals surface area (Å²) >= 11 is 1.50. The molecule has 0 bridgehead atoms. The third-order valence-corrected chi connectivity index (χ3v) is 5.15. The van der Waals surface area contributed by atoms with Crippen LogP contribution in [-0.4, -0.2) is 27.8 Å². The van der Waals surface area contributed by atoms with Gasteiger partial charge in [-0.2, -0.15) is 0 Å². The van der Waals surface area contributed by atoms with Gasteiger partial charge in [-0.15, -0.1) is 0 Å². The Kier molecular flexibility index (Phi) is 5.89. The van der Waals surface area contributed by atoms with E-state index >= 15 is 0 Å². The Balaban J connectivity index is 2.07. The Bertz CT molecular complexity index is 619. The van der Waals surface area contributed by atoms with Crippen molar-refractivity contribution in [2.75, 3.05) is 12.3 Å². The number of nitrogens with one attached hydrogen (secondary N) is 1. The van der Waals surface area contributed by atoms with Crippen LogP contribution in [0.1, 0.15) is 52.7 Å². The van der Waals surface area contributed by atoms with E-state index in [0.717, 1.165) is 36.7 Å². The van der Waals surface area contributed by atoms with Crippen LogP contribution in [0.15, 0.2) is 16.0 Å². The molecular weight excluding hydrogens is 310 g/mol. The Labute approximate surface area is 142 Å². The van der Waals surface area contributed by atoms with Crippen molar-refractivity contribution in [3.05, 3.63) is 22.1 Å². The van der Waals surface area contributed by atoms with Gasteiger partial charge in [-0.3, -0.25) is 14.2 Å². The number of thioether (sulfide) groups is 1. The molecule has 2 heterocycles. The topological polar surface area (TPSA) is 64.0 Å². The van der Waals surface area contributed by atoms with Crippen molar-refractivity contribution in [3.63, 3.8) is 0 Å². The lowest BCUT2D eigenvalue weighted by Gasteiger charge is -2.26. The van der Waals surface area contributed by atoms with Crippen molar-refractivity contribution in [1.29, 1.82) is 0 Å². The van der Waals surface area contributed by atoms with Gasteiger partial charge in [0.05, 0.1) is 11.6 Å². The maximum atomic E-state index is 12.4. The molecule has 6 heteroatoms. The molecule has 1 amide bonds. The van der Waals surface area contributed by atoms with Gasteiger partial charge >= 0.3 is 0 Å². The second kappa shape index (κ2) is 7.51. The van der Waals surface area contributed by atoms with Crippen molar-refractivity contribution in [2.24, 2.45) is 5.92 Å². The van der Waals surface area contributed by atoms with Crippen molar-refractivity contribution >= 4 is 17.7 Å². The number of carbonyl (C=O) groups is 1. The van der Waals surface area contributed by atoms with E-state index in [2.05, 4.69) is 17.2 Å². The van der Waals surface area contributed by atoms with Gasteiger partial charge in [0.15, 0.2) is 5.16 Å². The monoisotopic (exact) mass is 337 g/mol. The van der Waals surface area contributed by atoms with Gasteiger partial charge in [0, 0.05) is 30.3 Å². The van der Waals surface area contributed by atoms with Crippen LogP contribution in [0.5, 0.6) is 0 Å². The van der Waals surface area contributed by atoms with Crippen molar-refractivity contribution < 1.29 is 4.79 Å². The van der Waals surface area contributed by atoms with Crippen LogP contribution in [0, 0.1) is 5.92 Å². The summed E-state index contributed by atoms with van der Waals surface area (Å²) in [6.45, 7) is 9.43. The van der Waals surface area contributed by atoms with E-state index in [1.165, 1.54) is 11.8 Å². The summed E-state index contributed by atoms with van der Waals surface area (Å²) in [5.74, 6) is 0.569. The summed E-state index contributed by atoms with van der Waals surface area (Å²) in [5.41, 5.74) is 0.600. The van der Waals surface area contributed by atoms with Gasteiger partial charge in [0.2, 0.25) is 5.91 Å². The minimum atomic E-state index is -0.158. The predicted molar refractivity (Wildman–Crippen MR) is 93.9 cm³/mol. The molecule has 5 nitrogen and oxygen atoms in total. The fraction of sp³-hybridized carbons (Fsp3) is 0.706. The summed E-state index contributed by atoms with van der Waals surface area (Å²) in [5, 5.41) is 3.72. The molecular formula is C17H27N3O2S. The highest BCUT2D eigenvalue weighted by Gasteiger charge is 2.28. The minimum Gasteiger partial charge on any atom is -0.356 e. The minimum absolute atomic E-state index is 0.0473. The number of carbonyl (C=O) groups excluding carboxylic acids is 1. The van der Waals surface area contributed by atoms with E-state index in [1.54, 1.807) is 10.6 Å². The summed E-state index contributed by atoms with van der Waals surface area (Å²) in [6, 6.07) is 1.60. The highest BCUT2D eigenvalue weighted by molar-refractivity contribution is 7.99. The molecule has 1 aliphatic heterocycles. The first-order valence-electron chi connectivity index (χ1n) is 8.35. The highest BCUT2D eigenvalue weighted by Crippen LogP contribution is 2.27. The van der Waals surface area contributed by atoms with E-state index in [9.17, 15) is 9.59 Å². The van der Waals surface area contributed by atoms with Crippen LogP contribution in [0.25, 0.3) is 0 Å². The normalized spacial score (nSPS) is 17.7. The predicted octanol–water partition coefficient (Wildman–Crippen LogP) is 2.57. The summed E-state index contributed by atoms with van der Waals surface area (Å²) in [6.07, 6.45) is 3.27. The maximum absolute atomic E-state index is 12.4. The molecule has 0 saturated carbocycles. The third-order valence-electron chi connectivity index (χ3n) is 4.01. The number of hydrogen-bond donors (Lipinski definition) is 1. The fourth-order valence-electron chi connectivity index (χ4n) is 2.49. The number of rotatable bonds is 5. The van der Waals surface area contributed by atoms with Crippen molar-refractivity contribution in [2.45, 2.75) is 64.1 Å². The largest absolute Gasteiger partial charge is 0.356 e. The van der Waals surface area contributed by atoms with Crippen LogP contribution < -0.4 is 10.9 Å². The molecule has 1 aromatic heterocycles. The van der Waals surface area contributed by atoms with Gasteiger partial charge in [-0.25, -0.2) is 4.98 Å². The standard InChI is InChI=1S/C17H27N3O2S/c1-5-6-7-8-18-15(22)12-10-20-14(21)9-13(17(2,3)4)19-16(20)23-11-12/h9,12H,5-8,10-11H2,1-4H3,(H,18,22). The molecule has 1 aromatic rings. The Hall–Kier alpha value is -1.30. The van der Waals surface area contributed by atoms with Crippen LogP contribution in [-0.2, 0) is 16.8 Å². The molecule has 1 aliphatic rings. The second-order valence-electron chi connectivity index (χ2n) is 7.13. The molecule has 1 N–H and O–H groups in total. The van der Waals surface area contributed by atoms with E-state index in [-0.39, 0.29) is 22.8 Å². The molecule has 0 aliphatic carbocycles. The Morgan fingerprint density at radius 2 is 2.17 bits per heavy atom. The highest BCUT2D eigenvalue weighted by atomic mass is 32.2. The Morgan fingerprint density at radius 1 is 1.43 bits per heavy atom. The maximum Gasteiger partial charge on any atom is 0.254 e. The molecule has 23 heavy (non-hydrogen) atoms. The zero-order valence-corrected chi connectivity index (χ0v) is 15.3. The van der Waals surface area contributed by atoms with E-state index in [4.69, 9.17) is 0 Å². The smallest absolute Gasteiger partial charge is 0.254 e. The number of hydrogen-bond acceptors (Lipinski definition) is 4. The molecule has 0 spiro atoms.